The Hall–Kier alpha value is -1.30. The summed E-state index contributed by atoms with van der Waals surface area (Å²) in [6, 6.07) is -1.08. The van der Waals surface area contributed by atoms with Gasteiger partial charge in [-0.25, -0.2) is 9.59 Å². The Balaban J connectivity index is 2.63. The van der Waals surface area contributed by atoms with E-state index in [1.54, 1.807) is 4.90 Å². The molecule has 20 heavy (non-hydrogen) atoms. The molecule has 0 aromatic heterocycles. The third-order valence-corrected chi connectivity index (χ3v) is 3.64. The van der Waals surface area contributed by atoms with Crippen LogP contribution in [-0.2, 0) is 9.53 Å². The summed E-state index contributed by atoms with van der Waals surface area (Å²) in [6.45, 7) is 6.92. The van der Waals surface area contributed by atoms with Crippen molar-refractivity contribution >= 4 is 12.0 Å². The first-order chi connectivity index (χ1) is 9.49. The van der Waals surface area contributed by atoms with Gasteiger partial charge in [-0.05, 0) is 19.8 Å². The number of nitrogens with one attached hydrogen (secondary N) is 1. The number of nitrogens with zero attached hydrogens (tertiary/aromatic N) is 1. The molecule has 0 spiro atoms. The standard InChI is InChI=1S/C14H26N2O4/c1-4-6-7-12(13(17)18)15-14(19)16-8-10(3)20-9-11(16)5-2/h10-12H,4-9H2,1-3H3,(H,15,19)(H,17,18). The minimum atomic E-state index is -0.971. The first-order valence-corrected chi connectivity index (χ1v) is 7.41. The minimum Gasteiger partial charge on any atom is -0.480 e. The lowest BCUT2D eigenvalue weighted by Gasteiger charge is -2.38. The number of urea groups is 1. The highest BCUT2D eigenvalue weighted by Gasteiger charge is 2.31. The van der Waals surface area contributed by atoms with Crippen LogP contribution in [0.15, 0.2) is 0 Å². The topological polar surface area (TPSA) is 78.9 Å². The van der Waals surface area contributed by atoms with E-state index < -0.39 is 12.0 Å². The molecule has 0 aromatic carbocycles. The quantitative estimate of drug-likeness (QED) is 0.781. The van der Waals surface area contributed by atoms with Gasteiger partial charge in [0, 0.05) is 6.54 Å². The van der Waals surface area contributed by atoms with Crippen LogP contribution in [0.5, 0.6) is 0 Å². The number of ether oxygens (including phenoxy) is 1. The summed E-state index contributed by atoms with van der Waals surface area (Å²) in [6.07, 6.45) is 2.95. The van der Waals surface area contributed by atoms with Crippen LogP contribution in [0.3, 0.4) is 0 Å². The van der Waals surface area contributed by atoms with E-state index in [1.165, 1.54) is 0 Å². The number of hydrogen-bond donors (Lipinski definition) is 2. The van der Waals surface area contributed by atoms with E-state index in [-0.39, 0.29) is 18.2 Å². The summed E-state index contributed by atoms with van der Waals surface area (Å²) in [4.78, 5) is 25.2. The van der Waals surface area contributed by atoms with Gasteiger partial charge in [-0.1, -0.05) is 26.7 Å². The van der Waals surface area contributed by atoms with Gasteiger partial charge in [-0.2, -0.15) is 0 Å². The van der Waals surface area contributed by atoms with Gasteiger partial charge in [0.15, 0.2) is 0 Å². The minimum absolute atomic E-state index is 0.0116. The molecule has 2 amide bonds. The van der Waals surface area contributed by atoms with Crippen molar-refractivity contribution in [3.63, 3.8) is 0 Å². The van der Waals surface area contributed by atoms with E-state index in [0.717, 1.165) is 19.3 Å². The fourth-order valence-corrected chi connectivity index (χ4v) is 2.33. The number of morpholine rings is 1. The van der Waals surface area contributed by atoms with Crippen molar-refractivity contribution in [2.45, 2.75) is 64.6 Å². The van der Waals surface area contributed by atoms with Gasteiger partial charge < -0.3 is 20.1 Å². The second-order valence-corrected chi connectivity index (χ2v) is 5.34. The van der Waals surface area contributed by atoms with Crippen molar-refractivity contribution in [1.82, 2.24) is 10.2 Å². The third kappa shape index (κ3) is 4.67. The Morgan fingerprint density at radius 1 is 1.45 bits per heavy atom. The number of carboxylic acids is 1. The second-order valence-electron chi connectivity index (χ2n) is 5.34. The van der Waals surface area contributed by atoms with Gasteiger partial charge >= 0.3 is 12.0 Å². The molecule has 1 aliphatic heterocycles. The smallest absolute Gasteiger partial charge is 0.326 e. The second kappa shape index (κ2) is 8.09. The van der Waals surface area contributed by atoms with Gasteiger partial charge in [0.05, 0.1) is 18.8 Å². The van der Waals surface area contributed by atoms with Crippen molar-refractivity contribution in [1.29, 1.82) is 0 Å². The molecule has 6 heteroatoms. The van der Waals surface area contributed by atoms with E-state index in [1.807, 2.05) is 20.8 Å². The molecule has 0 aliphatic carbocycles. The summed E-state index contributed by atoms with van der Waals surface area (Å²) in [5, 5.41) is 11.8. The van der Waals surface area contributed by atoms with Gasteiger partial charge in [-0.15, -0.1) is 0 Å². The van der Waals surface area contributed by atoms with Crippen LogP contribution in [0.1, 0.15) is 46.5 Å². The summed E-state index contributed by atoms with van der Waals surface area (Å²) >= 11 is 0. The van der Waals surface area contributed by atoms with Crippen LogP contribution in [0.2, 0.25) is 0 Å². The van der Waals surface area contributed by atoms with Crippen LogP contribution in [-0.4, -0.2) is 53.3 Å². The maximum atomic E-state index is 12.3. The van der Waals surface area contributed by atoms with E-state index in [0.29, 0.717) is 19.6 Å². The molecule has 3 unspecified atom stereocenters. The van der Waals surface area contributed by atoms with Gasteiger partial charge in [0.2, 0.25) is 0 Å². The first kappa shape index (κ1) is 16.8. The zero-order valence-electron chi connectivity index (χ0n) is 12.6. The summed E-state index contributed by atoms with van der Waals surface area (Å²) in [5.74, 6) is -0.971. The highest BCUT2D eigenvalue weighted by atomic mass is 16.5. The average molecular weight is 286 g/mol. The Bertz CT molecular complexity index is 335. The Kier molecular flexibility index (Phi) is 6.78. The number of carbonyl (C=O) groups excluding carboxylic acids is 1. The Morgan fingerprint density at radius 2 is 2.15 bits per heavy atom. The fourth-order valence-electron chi connectivity index (χ4n) is 2.33. The zero-order valence-corrected chi connectivity index (χ0v) is 12.6. The molecule has 6 nitrogen and oxygen atoms in total. The van der Waals surface area contributed by atoms with Gasteiger partial charge in [0.25, 0.3) is 0 Å². The maximum absolute atomic E-state index is 12.3. The number of aliphatic carboxylic acids is 1. The van der Waals surface area contributed by atoms with Crippen molar-refractivity contribution in [2.75, 3.05) is 13.2 Å². The van der Waals surface area contributed by atoms with Crippen LogP contribution < -0.4 is 5.32 Å². The van der Waals surface area contributed by atoms with Gasteiger partial charge in [-0.3, -0.25) is 0 Å². The summed E-state index contributed by atoms with van der Waals surface area (Å²) in [5.41, 5.74) is 0. The molecular formula is C14H26N2O4. The van der Waals surface area contributed by atoms with Crippen LogP contribution in [0.25, 0.3) is 0 Å². The number of hydrogen-bond acceptors (Lipinski definition) is 3. The lowest BCUT2D eigenvalue weighted by Crippen LogP contribution is -2.57. The number of rotatable bonds is 6. The maximum Gasteiger partial charge on any atom is 0.326 e. The predicted molar refractivity (Wildman–Crippen MR) is 75.7 cm³/mol. The van der Waals surface area contributed by atoms with E-state index in [4.69, 9.17) is 9.84 Å². The molecule has 0 saturated carbocycles. The van der Waals surface area contributed by atoms with Crippen LogP contribution in [0, 0.1) is 0 Å². The Morgan fingerprint density at radius 3 is 2.70 bits per heavy atom. The average Bonchev–Trinajstić information content (AvgIpc) is 2.42. The lowest BCUT2D eigenvalue weighted by atomic mass is 10.1. The van der Waals surface area contributed by atoms with Crippen LogP contribution in [0.4, 0.5) is 4.79 Å². The molecule has 1 saturated heterocycles. The summed E-state index contributed by atoms with van der Waals surface area (Å²) < 4.78 is 5.54. The molecule has 0 bridgehead atoms. The molecule has 1 aliphatic rings. The van der Waals surface area contributed by atoms with Crippen LogP contribution >= 0.6 is 0 Å². The number of carboxylic acid groups (broad SMARTS) is 1. The lowest BCUT2D eigenvalue weighted by molar-refractivity contribution is -0.139. The SMILES string of the molecule is CCCCC(NC(=O)N1CC(C)OCC1CC)C(=O)O. The predicted octanol–water partition coefficient (Wildman–Crippen LogP) is 1.84. The number of amides is 2. The highest BCUT2D eigenvalue weighted by Crippen LogP contribution is 2.15. The zero-order chi connectivity index (χ0) is 15.1. The number of unbranched alkanes of at least 4 members (excludes halogenated alkanes) is 1. The molecule has 0 aromatic rings. The molecule has 1 fully saturated rings. The van der Waals surface area contributed by atoms with Crippen molar-refractivity contribution in [2.24, 2.45) is 0 Å². The molecule has 0 radical (unpaired) electrons. The Labute approximate surface area is 120 Å². The normalized spacial score (nSPS) is 24.2. The molecule has 116 valence electrons. The fraction of sp³-hybridized carbons (Fsp3) is 0.857. The molecular weight excluding hydrogens is 260 g/mol. The molecule has 1 rings (SSSR count). The highest BCUT2D eigenvalue weighted by molar-refractivity contribution is 5.82. The molecule has 1 heterocycles. The molecule has 3 atom stereocenters. The third-order valence-electron chi connectivity index (χ3n) is 3.64. The van der Waals surface area contributed by atoms with E-state index in [2.05, 4.69) is 5.32 Å². The van der Waals surface area contributed by atoms with Crippen molar-refractivity contribution in [3.8, 4) is 0 Å². The largest absolute Gasteiger partial charge is 0.480 e. The molecule has 2 N–H and O–H groups in total. The summed E-state index contributed by atoms with van der Waals surface area (Å²) in [7, 11) is 0. The van der Waals surface area contributed by atoms with Crippen molar-refractivity contribution < 1.29 is 19.4 Å². The monoisotopic (exact) mass is 286 g/mol. The first-order valence-electron chi connectivity index (χ1n) is 7.41. The van der Waals surface area contributed by atoms with E-state index >= 15 is 0 Å². The number of carbonyl (C=O) groups is 2. The van der Waals surface area contributed by atoms with Crippen molar-refractivity contribution in [3.05, 3.63) is 0 Å². The van der Waals surface area contributed by atoms with Gasteiger partial charge in [0.1, 0.15) is 6.04 Å². The van der Waals surface area contributed by atoms with E-state index in [9.17, 15) is 9.59 Å².